The second kappa shape index (κ2) is 11.3. The summed E-state index contributed by atoms with van der Waals surface area (Å²) >= 11 is 0. The Morgan fingerprint density at radius 2 is 1.38 bits per heavy atom. The first-order valence-electron chi connectivity index (χ1n) is 8.89. The number of aromatic carboxylic acids is 2. The first kappa shape index (κ1) is 29.4. The molecule has 0 saturated heterocycles. The molecule has 0 fully saturated rings. The van der Waals surface area contributed by atoms with Crippen molar-refractivity contribution >= 4 is 29.3 Å². The number of carbonyl (C=O) groups is 4. The van der Waals surface area contributed by atoms with Gasteiger partial charge in [-0.25, -0.2) is 9.59 Å². The van der Waals surface area contributed by atoms with Crippen molar-refractivity contribution in [2.24, 2.45) is 0 Å². The van der Waals surface area contributed by atoms with Gasteiger partial charge < -0.3 is 43.7 Å². The van der Waals surface area contributed by atoms with Crippen molar-refractivity contribution in [1.29, 1.82) is 0 Å². The first-order valence-corrected chi connectivity index (χ1v) is 8.89. The molecule has 1 aliphatic carbocycles. The molecule has 2 aromatic rings. The molecule has 0 heterocycles. The second-order valence-electron chi connectivity index (χ2n) is 6.72. The summed E-state index contributed by atoms with van der Waals surface area (Å²) in [6.07, 6.45) is 3.50. The van der Waals surface area contributed by atoms with Gasteiger partial charge in [0.1, 0.15) is 5.57 Å². The molecule has 0 saturated carbocycles. The maximum Gasteiger partial charge on any atom is 0.339 e. The second-order valence-corrected chi connectivity index (χ2v) is 6.72. The number of hydrogen-bond donors (Lipinski definition) is 5. The Morgan fingerprint density at radius 3 is 1.91 bits per heavy atom. The molecule has 0 atom stereocenters. The van der Waals surface area contributed by atoms with Gasteiger partial charge in [-0.1, -0.05) is 36.1 Å². The standard InChI is InChI=1S/C23H16O8.3H3N/c1-11-2-3-12(8-15(11)21(26)27)20(13-4-6-18(24)16(9-13)22(28)29)14-5-7-19(25)17(10-14)23(30)31;;;/h2-10,24H,1H3,(H,26,27)(H,28,29)(H,30,31);3*1H3/p+1/b20-14+;;;. The molecule has 11 nitrogen and oxygen atoms in total. The molecule has 1 aliphatic rings. The van der Waals surface area contributed by atoms with E-state index < -0.39 is 40.6 Å². The number of carboxylic acid groups (broad SMARTS) is 3. The number of ketones is 1. The molecule has 0 bridgehead atoms. The van der Waals surface area contributed by atoms with E-state index in [1.54, 1.807) is 19.1 Å². The molecule has 0 unspecified atom stereocenters. The zero-order valence-electron chi connectivity index (χ0n) is 19.0. The average molecular weight is 472 g/mol. The van der Waals surface area contributed by atoms with Crippen LogP contribution in [0.2, 0.25) is 0 Å². The summed E-state index contributed by atoms with van der Waals surface area (Å²) in [7, 11) is 0. The maximum absolute atomic E-state index is 11.9. The van der Waals surface area contributed by atoms with E-state index in [0.717, 1.165) is 24.3 Å². The molecule has 3 rings (SSSR count). The summed E-state index contributed by atoms with van der Waals surface area (Å²) in [5, 5.41) is 42.0. The quantitative estimate of drug-likeness (QED) is 0.401. The topological polar surface area (TPSA) is 264 Å². The summed E-state index contributed by atoms with van der Waals surface area (Å²) in [5.74, 6) is -5.84. The largest absolute Gasteiger partial charge is 0.872 e. The summed E-state index contributed by atoms with van der Waals surface area (Å²) in [4.78, 5) is 46.2. The fourth-order valence-corrected chi connectivity index (χ4v) is 3.21. The maximum atomic E-state index is 11.9. The summed E-state index contributed by atoms with van der Waals surface area (Å²) < 4.78 is 0. The number of quaternary nitrogens is 3. The lowest BCUT2D eigenvalue weighted by atomic mass is 9.87. The van der Waals surface area contributed by atoms with Crippen molar-refractivity contribution in [1.82, 2.24) is 18.5 Å². The monoisotopic (exact) mass is 472 g/mol. The number of allylic oxidation sites excluding steroid dienone is 4. The zero-order chi connectivity index (χ0) is 22.9. The van der Waals surface area contributed by atoms with Gasteiger partial charge in [0.15, 0.2) is 5.78 Å². The van der Waals surface area contributed by atoms with Gasteiger partial charge in [-0.3, -0.25) is 4.79 Å². The van der Waals surface area contributed by atoms with Crippen LogP contribution >= 0.6 is 0 Å². The van der Waals surface area contributed by atoms with Gasteiger partial charge >= 0.3 is 11.9 Å². The van der Waals surface area contributed by atoms with Crippen molar-refractivity contribution in [3.05, 3.63) is 93.6 Å². The number of rotatable bonds is 5. The Labute approximate surface area is 194 Å². The third kappa shape index (κ3) is 5.61. The highest BCUT2D eigenvalue weighted by Gasteiger charge is 2.22. The number of benzene rings is 2. The Hall–Kier alpha value is -4.58. The molecule has 34 heavy (non-hydrogen) atoms. The minimum atomic E-state index is -1.69. The number of hydrogen-bond acceptors (Lipinski definition) is 6. The minimum Gasteiger partial charge on any atom is -0.872 e. The number of aryl methyl sites for hydroxylation is 1. The van der Waals surface area contributed by atoms with Crippen molar-refractivity contribution in [2.45, 2.75) is 6.92 Å². The van der Waals surface area contributed by atoms with E-state index >= 15 is 0 Å². The number of carboxylic acids is 3. The van der Waals surface area contributed by atoms with Gasteiger partial charge in [-0.05, 0) is 64.6 Å². The van der Waals surface area contributed by atoms with Crippen molar-refractivity contribution in [2.75, 3.05) is 0 Å². The third-order valence-electron chi connectivity index (χ3n) is 4.74. The van der Waals surface area contributed by atoms with Crippen LogP contribution in [0.15, 0.2) is 65.8 Å². The highest BCUT2D eigenvalue weighted by Crippen LogP contribution is 2.33. The molecular formula is C23H26N3O8+. The molecule has 2 aromatic carbocycles. The van der Waals surface area contributed by atoms with Crippen LogP contribution < -0.4 is 28.7 Å². The van der Waals surface area contributed by atoms with Crippen LogP contribution in [0.3, 0.4) is 0 Å². The third-order valence-corrected chi connectivity index (χ3v) is 4.74. The van der Waals surface area contributed by atoms with Crippen molar-refractivity contribution < 1.29 is 39.6 Å². The Bertz CT molecular complexity index is 1190. The highest BCUT2D eigenvalue weighted by molar-refractivity contribution is 6.23. The molecule has 0 aromatic heterocycles. The summed E-state index contributed by atoms with van der Waals surface area (Å²) in [6.45, 7) is 1.60. The lowest BCUT2D eigenvalue weighted by Crippen LogP contribution is -2.23. The SMILES string of the molecule is Cc1ccc(/C(=C2/C=CC(=O)C(C(=O)O)=C2)c2ccc([O-])c(C(=O)[O-])c2)cc1C(=O)O.[NH4+].[NH4+].[NH4+]. The molecule has 180 valence electrons. The molecule has 0 spiro atoms. The zero-order valence-corrected chi connectivity index (χ0v) is 19.0. The number of carbonyl (C=O) groups excluding carboxylic acids is 2. The molecular weight excluding hydrogens is 446 g/mol. The fraction of sp³-hybridized carbons (Fsp3) is 0.0435. The smallest absolute Gasteiger partial charge is 0.339 e. The van der Waals surface area contributed by atoms with Gasteiger partial charge in [0.05, 0.1) is 11.5 Å². The summed E-state index contributed by atoms with van der Waals surface area (Å²) in [5.41, 5.74) is 0.319. The van der Waals surface area contributed by atoms with Gasteiger partial charge in [-0.15, -0.1) is 0 Å². The lowest BCUT2D eigenvalue weighted by molar-refractivity contribution is -0.276. The predicted octanol–water partition coefficient (Wildman–Crippen LogP) is 2.21. The molecule has 14 N–H and O–H groups in total. The van der Waals surface area contributed by atoms with Crippen LogP contribution in [0.5, 0.6) is 5.75 Å². The van der Waals surface area contributed by atoms with E-state index in [2.05, 4.69) is 0 Å². The Morgan fingerprint density at radius 1 is 0.824 bits per heavy atom. The van der Waals surface area contributed by atoms with Gasteiger partial charge in [0.2, 0.25) is 0 Å². The molecule has 0 radical (unpaired) electrons. The highest BCUT2D eigenvalue weighted by atomic mass is 16.4. The van der Waals surface area contributed by atoms with Crippen LogP contribution in [0, 0.1) is 6.92 Å². The van der Waals surface area contributed by atoms with Gasteiger partial charge in [-0.2, -0.15) is 0 Å². The van der Waals surface area contributed by atoms with Crippen LogP contribution in [0.25, 0.3) is 5.57 Å². The Balaban J connectivity index is 0.00000363. The first-order chi connectivity index (χ1) is 14.6. The van der Waals surface area contributed by atoms with Gasteiger partial charge in [0.25, 0.3) is 0 Å². The van der Waals surface area contributed by atoms with E-state index in [1.807, 2.05) is 0 Å². The van der Waals surface area contributed by atoms with E-state index in [1.165, 1.54) is 18.2 Å². The van der Waals surface area contributed by atoms with Crippen LogP contribution in [0.4, 0.5) is 0 Å². The van der Waals surface area contributed by atoms with E-state index in [0.29, 0.717) is 11.1 Å². The van der Waals surface area contributed by atoms with E-state index in [9.17, 15) is 39.6 Å². The van der Waals surface area contributed by atoms with Crippen LogP contribution in [-0.4, -0.2) is 33.9 Å². The fourth-order valence-electron chi connectivity index (χ4n) is 3.21. The average Bonchev–Trinajstić information content (AvgIpc) is 2.71. The normalized spacial score (nSPS) is 13.4. The van der Waals surface area contributed by atoms with Crippen LogP contribution in [-0.2, 0) is 9.59 Å². The molecule has 0 amide bonds. The van der Waals surface area contributed by atoms with E-state index in [-0.39, 0.29) is 40.7 Å². The van der Waals surface area contributed by atoms with Gasteiger partial charge in [0, 0.05) is 0 Å². The minimum absolute atomic E-state index is 0. The molecule has 0 aliphatic heterocycles. The summed E-state index contributed by atoms with van der Waals surface area (Å²) in [6, 6.07) is 7.89. The molecule has 11 heteroatoms. The van der Waals surface area contributed by atoms with Crippen molar-refractivity contribution in [3.63, 3.8) is 0 Å². The number of aliphatic carboxylic acids is 1. The van der Waals surface area contributed by atoms with Crippen LogP contribution in [0.1, 0.15) is 37.4 Å². The lowest BCUT2D eigenvalue weighted by Gasteiger charge is -2.20. The Kier molecular flexibility index (Phi) is 9.81. The van der Waals surface area contributed by atoms with E-state index in [4.69, 9.17) is 0 Å². The van der Waals surface area contributed by atoms with Crippen molar-refractivity contribution in [3.8, 4) is 5.75 Å². The predicted molar refractivity (Wildman–Crippen MR) is 122 cm³/mol.